The van der Waals surface area contributed by atoms with E-state index in [9.17, 15) is 24.6 Å². The zero-order valence-electron chi connectivity index (χ0n) is 33.5. The number of para-hydroxylation sites is 1. The Bertz CT molecular complexity index is 1620. The van der Waals surface area contributed by atoms with Crippen molar-refractivity contribution in [1.82, 2.24) is 20.6 Å². The first-order valence-corrected chi connectivity index (χ1v) is 19.4. The van der Waals surface area contributed by atoms with Crippen LogP contribution in [-0.2, 0) is 25.7 Å². The van der Waals surface area contributed by atoms with E-state index in [1.165, 1.54) is 6.42 Å². The Kier molecular flexibility index (Phi) is 13.5. The molecule has 0 radical (unpaired) electrons. The first-order chi connectivity index (χ1) is 25.5. The molecule has 12 heteroatoms. The van der Waals surface area contributed by atoms with Crippen LogP contribution in [-0.4, -0.2) is 109 Å². The number of carboxylic acid groups (broad SMARTS) is 1. The van der Waals surface area contributed by atoms with Gasteiger partial charge in [0.05, 0.1) is 26.4 Å². The highest BCUT2D eigenvalue weighted by Gasteiger charge is 2.57. The fourth-order valence-electron chi connectivity index (χ4n) is 9.36. The van der Waals surface area contributed by atoms with Gasteiger partial charge in [-0.1, -0.05) is 65.0 Å². The smallest absolute Gasteiger partial charge is 0.329 e. The zero-order valence-corrected chi connectivity index (χ0v) is 33.5. The number of methoxy groups -OCH3 is 1. The second kappa shape index (κ2) is 17.5. The topological polar surface area (TPSA) is 150 Å². The van der Waals surface area contributed by atoms with Gasteiger partial charge in [0.2, 0.25) is 5.91 Å². The van der Waals surface area contributed by atoms with Gasteiger partial charge in [0, 0.05) is 41.2 Å². The van der Waals surface area contributed by atoms with Crippen molar-refractivity contribution < 1.29 is 38.9 Å². The Labute approximate surface area is 320 Å². The minimum atomic E-state index is -1.12. The summed E-state index contributed by atoms with van der Waals surface area (Å²) in [5.74, 6) is 0.157. The minimum Gasteiger partial charge on any atom is -0.496 e. The minimum absolute atomic E-state index is 0.000964. The molecule has 4 fully saturated rings. The number of aliphatic hydroxyl groups excluding tert-OH is 1. The molecule has 4 N–H and O–H groups in total. The Hall–Kier alpha value is -3.55. The first-order valence-electron chi connectivity index (χ1n) is 19.4. The lowest BCUT2D eigenvalue weighted by molar-refractivity contribution is -0.187. The van der Waals surface area contributed by atoms with Gasteiger partial charge in [0.15, 0.2) is 0 Å². The van der Waals surface area contributed by atoms with E-state index in [-0.39, 0.29) is 42.5 Å². The van der Waals surface area contributed by atoms with Crippen molar-refractivity contribution in [3.05, 3.63) is 53.6 Å². The van der Waals surface area contributed by atoms with E-state index < -0.39 is 36.7 Å². The number of aliphatic carboxylic acids is 1. The molecule has 2 aromatic rings. The molecular weight excluding hydrogens is 688 g/mol. The van der Waals surface area contributed by atoms with Crippen LogP contribution >= 0.6 is 0 Å². The SMILES string of the molecule is COc1c(CN2O[C@@H](COCC(=O)O)[C@H]([C@H](C)O)C2C(=O)N[C@H]2CC3C[C@@H]([C@@H]2C)C3(C)C)cccc1-c1cccc(C(=O)N[C@H](CC(C)C)CN(C)C)c1. The number of nitrogens with one attached hydrogen (secondary N) is 2. The zero-order chi connectivity index (χ0) is 39.5. The standard InChI is InChI=1S/C42H62N4O8/c1-24(2)16-31(21-45(7)8)43-40(50)28-13-10-12-27(17-28)32-15-11-14-29(39(32)52-9)20-46-38(37(26(4)47)35(54-46)22-53-23-36(48)49)41(51)44-34-19-30-18-33(25(34)3)42(30,5)6/h10-15,17,24-26,30-31,33-35,37-38,47H,16,18-23H2,1-9H3,(H,43,50)(H,44,51)(H,48,49)/t25-,26-,30?,31+,33-,34-,35-,37-,38?/m0/s1. The first kappa shape index (κ1) is 41.6. The van der Waals surface area contributed by atoms with E-state index in [1.807, 2.05) is 50.5 Å². The van der Waals surface area contributed by atoms with Gasteiger partial charge in [-0.3, -0.25) is 14.4 Å². The van der Waals surface area contributed by atoms with Crippen molar-refractivity contribution in [2.75, 3.05) is 41.0 Å². The van der Waals surface area contributed by atoms with Crippen LogP contribution in [0.15, 0.2) is 42.5 Å². The number of hydrogen-bond donors (Lipinski definition) is 4. The number of likely N-dealkylation sites (N-methyl/N-ethyl adjacent to an activating group) is 1. The molecule has 2 bridgehead atoms. The van der Waals surface area contributed by atoms with E-state index in [0.717, 1.165) is 36.1 Å². The summed E-state index contributed by atoms with van der Waals surface area (Å²) in [6.07, 6.45) is 1.21. The summed E-state index contributed by atoms with van der Waals surface area (Å²) in [7, 11) is 5.59. The maximum Gasteiger partial charge on any atom is 0.329 e. The van der Waals surface area contributed by atoms with Crippen LogP contribution in [0, 0.1) is 35.0 Å². The number of carbonyl (C=O) groups is 3. The number of hydrogen-bond acceptors (Lipinski definition) is 9. The van der Waals surface area contributed by atoms with Crippen LogP contribution in [0.3, 0.4) is 0 Å². The van der Waals surface area contributed by atoms with Crippen molar-refractivity contribution in [3.8, 4) is 16.9 Å². The number of aliphatic hydroxyl groups is 1. The summed E-state index contributed by atoms with van der Waals surface area (Å²) < 4.78 is 11.5. The van der Waals surface area contributed by atoms with E-state index in [1.54, 1.807) is 25.2 Å². The average molecular weight is 751 g/mol. The molecule has 1 heterocycles. The van der Waals surface area contributed by atoms with Gasteiger partial charge in [0.1, 0.15) is 24.5 Å². The van der Waals surface area contributed by atoms with Crippen molar-refractivity contribution in [1.29, 1.82) is 0 Å². The Balaban J connectivity index is 1.41. The predicted molar refractivity (Wildman–Crippen MR) is 207 cm³/mol. The van der Waals surface area contributed by atoms with Crippen molar-refractivity contribution in [3.63, 3.8) is 0 Å². The third-order valence-electron chi connectivity index (χ3n) is 12.1. The van der Waals surface area contributed by atoms with Gasteiger partial charge in [0.25, 0.3) is 5.91 Å². The van der Waals surface area contributed by atoms with Crippen molar-refractivity contribution in [2.45, 2.75) is 97.7 Å². The van der Waals surface area contributed by atoms with Crippen LogP contribution in [0.1, 0.15) is 76.7 Å². The molecule has 2 aromatic carbocycles. The number of benzene rings is 2. The highest BCUT2D eigenvalue weighted by molar-refractivity contribution is 5.96. The van der Waals surface area contributed by atoms with Crippen molar-refractivity contribution >= 4 is 17.8 Å². The molecule has 2 unspecified atom stereocenters. The maximum absolute atomic E-state index is 14.4. The number of nitrogens with zero attached hydrogens (tertiary/aromatic N) is 2. The fraction of sp³-hybridized carbons (Fsp3) is 0.643. The quantitative estimate of drug-likeness (QED) is 0.177. The van der Waals surface area contributed by atoms with Gasteiger partial charge in [-0.05, 0) is 87.1 Å². The maximum atomic E-state index is 14.4. The Morgan fingerprint density at radius 2 is 1.81 bits per heavy atom. The molecular formula is C42H62N4O8. The number of carboxylic acids is 1. The summed E-state index contributed by atoms with van der Waals surface area (Å²) in [6, 6.07) is 12.3. The van der Waals surface area contributed by atoms with E-state index >= 15 is 0 Å². The number of rotatable bonds is 17. The van der Waals surface area contributed by atoms with Crippen molar-refractivity contribution in [2.24, 2.45) is 35.0 Å². The second-order valence-electron chi connectivity index (χ2n) is 17.1. The summed E-state index contributed by atoms with van der Waals surface area (Å²) in [5, 5.41) is 28.5. The molecule has 1 saturated heterocycles. The van der Waals surface area contributed by atoms with Crippen LogP contribution in [0.4, 0.5) is 0 Å². The van der Waals surface area contributed by atoms with Gasteiger partial charge in [-0.15, -0.1) is 0 Å². The molecule has 12 nitrogen and oxygen atoms in total. The summed E-state index contributed by atoms with van der Waals surface area (Å²) in [4.78, 5) is 47.6. The van der Waals surface area contributed by atoms with E-state index in [4.69, 9.17) is 14.3 Å². The molecule has 4 aliphatic rings. The third-order valence-corrected chi connectivity index (χ3v) is 12.1. The molecule has 54 heavy (non-hydrogen) atoms. The third kappa shape index (κ3) is 9.27. The molecule has 1 aliphatic heterocycles. The number of hydroxylamine groups is 2. The number of ether oxygens (including phenoxy) is 2. The fourth-order valence-corrected chi connectivity index (χ4v) is 9.36. The van der Waals surface area contributed by atoms with Gasteiger partial charge >= 0.3 is 5.97 Å². The van der Waals surface area contributed by atoms with Crippen LogP contribution in [0.25, 0.3) is 11.1 Å². The van der Waals surface area contributed by atoms with Crippen LogP contribution in [0.2, 0.25) is 0 Å². The predicted octanol–water partition coefficient (Wildman–Crippen LogP) is 4.84. The molecule has 9 atom stereocenters. The van der Waals surface area contributed by atoms with Gasteiger partial charge in [-0.25, -0.2) is 4.79 Å². The molecule has 3 saturated carbocycles. The van der Waals surface area contributed by atoms with E-state index in [2.05, 4.69) is 50.2 Å². The average Bonchev–Trinajstić information content (AvgIpc) is 3.46. The molecule has 6 rings (SSSR count). The second-order valence-corrected chi connectivity index (χ2v) is 17.1. The Morgan fingerprint density at radius 3 is 2.43 bits per heavy atom. The molecule has 2 amide bonds. The summed E-state index contributed by atoms with van der Waals surface area (Å²) >= 11 is 0. The number of amides is 2. The number of carbonyl (C=O) groups excluding carboxylic acids is 2. The van der Waals surface area contributed by atoms with Gasteiger partial charge in [-0.2, -0.15) is 5.06 Å². The van der Waals surface area contributed by atoms with Crippen LogP contribution in [0.5, 0.6) is 5.75 Å². The molecule has 0 spiro atoms. The Morgan fingerprint density at radius 1 is 1.09 bits per heavy atom. The largest absolute Gasteiger partial charge is 0.496 e. The molecule has 3 aliphatic carbocycles. The summed E-state index contributed by atoms with van der Waals surface area (Å²) in [6.45, 7) is 13.0. The highest BCUT2D eigenvalue weighted by atomic mass is 16.7. The van der Waals surface area contributed by atoms with Gasteiger partial charge < -0.3 is 35.2 Å². The lowest BCUT2D eigenvalue weighted by Crippen LogP contribution is -2.62. The molecule has 0 aromatic heterocycles. The number of fused-ring (bicyclic) bond motifs is 2. The van der Waals surface area contributed by atoms with Crippen LogP contribution < -0.4 is 15.4 Å². The summed E-state index contributed by atoms with van der Waals surface area (Å²) in [5.41, 5.74) is 3.08. The highest BCUT2D eigenvalue weighted by Crippen LogP contribution is 2.61. The lowest BCUT2D eigenvalue weighted by Gasteiger charge is -2.62. The molecule has 298 valence electrons. The normalized spacial score (nSPS) is 27.3. The monoisotopic (exact) mass is 750 g/mol. The van der Waals surface area contributed by atoms with E-state index in [0.29, 0.717) is 35.0 Å². The lowest BCUT2D eigenvalue weighted by atomic mass is 9.45.